The molecular formula is C25H33N5O4. The van der Waals surface area contributed by atoms with E-state index >= 15 is 0 Å². The molecule has 0 bridgehead atoms. The standard InChI is InChI=1S/C25H33N5O4/c31-22-4-3-21(23(32)27-22)30-24(33)19-2-1-18(15-20(19)25(30)34)16-29-11-6-17(7-12-29)5-10-28-13-8-26-9-14-28/h1-2,15,17,21,26H,3-14,16H2,(H,27,31,32). The molecule has 2 N–H and O–H groups in total. The normalized spacial score (nSPS) is 25.1. The summed E-state index contributed by atoms with van der Waals surface area (Å²) in [5, 5.41) is 5.64. The molecule has 182 valence electrons. The lowest BCUT2D eigenvalue weighted by atomic mass is 9.93. The van der Waals surface area contributed by atoms with Crippen molar-refractivity contribution >= 4 is 23.6 Å². The van der Waals surface area contributed by atoms with Gasteiger partial charge in [0.05, 0.1) is 11.1 Å². The van der Waals surface area contributed by atoms with Crippen molar-refractivity contribution in [2.75, 3.05) is 45.8 Å². The van der Waals surface area contributed by atoms with Crippen molar-refractivity contribution in [2.24, 2.45) is 5.92 Å². The summed E-state index contributed by atoms with van der Waals surface area (Å²) in [5.74, 6) is -1.07. The zero-order valence-corrected chi connectivity index (χ0v) is 19.6. The maximum Gasteiger partial charge on any atom is 0.262 e. The number of piperazine rings is 1. The Morgan fingerprint density at radius 2 is 1.59 bits per heavy atom. The molecule has 3 fully saturated rings. The number of nitrogens with zero attached hydrogens (tertiary/aromatic N) is 3. The second-order valence-corrected chi connectivity index (χ2v) is 9.93. The fourth-order valence-electron chi connectivity index (χ4n) is 5.61. The summed E-state index contributed by atoms with van der Waals surface area (Å²) in [4.78, 5) is 55.6. The lowest BCUT2D eigenvalue weighted by molar-refractivity contribution is -0.136. The van der Waals surface area contributed by atoms with Crippen LogP contribution in [0.5, 0.6) is 0 Å². The molecule has 0 spiro atoms. The van der Waals surface area contributed by atoms with Crippen LogP contribution in [0.4, 0.5) is 0 Å². The van der Waals surface area contributed by atoms with Crippen LogP contribution in [0.25, 0.3) is 0 Å². The second kappa shape index (κ2) is 9.93. The zero-order chi connectivity index (χ0) is 23.7. The van der Waals surface area contributed by atoms with Crippen molar-refractivity contribution in [1.29, 1.82) is 0 Å². The Hall–Kier alpha value is -2.62. The molecule has 1 unspecified atom stereocenters. The van der Waals surface area contributed by atoms with E-state index in [-0.39, 0.29) is 18.7 Å². The van der Waals surface area contributed by atoms with E-state index in [1.807, 2.05) is 6.07 Å². The van der Waals surface area contributed by atoms with Crippen LogP contribution in [0.2, 0.25) is 0 Å². The Kier molecular flexibility index (Phi) is 6.76. The minimum atomic E-state index is -0.922. The summed E-state index contributed by atoms with van der Waals surface area (Å²) in [7, 11) is 0. The highest BCUT2D eigenvalue weighted by molar-refractivity contribution is 6.23. The summed E-state index contributed by atoms with van der Waals surface area (Å²) in [6.07, 6.45) is 3.95. The van der Waals surface area contributed by atoms with Gasteiger partial charge in [-0.3, -0.25) is 34.3 Å². The number of benzene rings is 1. The van der Waals surface area contributed by atoms with Crippen molar-refractivity contribution in [3.05, 3.63) is 34.9 Å². The number of imide groups is 2. The fourth-order valence-corrected chi connectivity index (χ4v) is 5.61. The lowest BCUT2D eigenvalue weighted by Crippen LogP contribution is -2.54. The van der Waals surface area contributed by atoms with Gasteiger partial charge in [-0.1, -0.05) is 6.07 Å². The van der Waals surface area contributed by atoms with Gasteiger partial charge >= 0.3 is 0 Å². The largest absolute Gasteiger partial charge is 0.314 e. The average molecular weight is 468 g/mol. The molecule has 4 heterocycles. The summed E-state index contributed by atoms with van der Waals surface area (Å²) in [6.45, 7) is 8.52. The Balaban J connectivity index is 1.16. The maximum absolute atomic E-state index is 13.0. The van der Waals surface area contributed by atoms with Gasteiger partial charge in [0.1, 0.15) is 6.04 Å². The summed E-state index contributed by atoms with van der Waals surface area (Å²) in [6, 6.07) is 4.50. The van der Waals surface area contributed by atoms with E-state index in [0.29, 0.717) is 11.1 Å². The fraction of sp³-hybridized carbons (Fsp3) is 0.600. The molecular weight excluding hydrogens is 434 g/mol. The van der Waals surface area contributed by atoms with Crippen LogP contribution in [-0.4, -0.2) is 90.2 Å². The maximum atomic E-state index is 13.0. The first kappa shape index (κ1) is 23.1. The minimum absolute atomic E-state index is 0.125. The topological polar surface area (TPSA) is 102 Å². The first-order valence-corrected chi connectivity index (χ1v) is 12.5. The predicted molar refractivity (Wildman–Crippen MR) is 125 cm³/mol. The SMILES string of the molecule is O=C1CCC(N2C(=O)c3ccc(CN4CCC(CCN5CCNCC5)CC4)cc3C2=O)C(=O)N1. The van der Waals surface area contributed by atoms with Crippen molar-refractivity contribution in [3.8, 4) is 0 Å². The van der Waals surface area contributed by atoms with Crippen LogP contribution in [0.1, 0.15) is 58.4 Å². The summed E-state index contributed by atoms with van der Waals surface area (Å²) >= 11 is 0. The van der Waals surface area contributed by atoms with Gasteiger partial charge in [0.25, 0.3) is 11.8 Å². The number of amides is 4. The summed E-state index contributed by atoms with van der Waals surface area (Å²) < 4.78 is 0. The van der Waals surface area contributed by atoms with Crippen LogP contribution >= 0.6 is 0 Å². The van der Waals surface area contributed by atoms with Gasteiger partial charge in [-0.15, -0.1) is 0 Å². The van der Waals surface area contributed by atoms with Crippen LogP contribution in [0, 0.1) is 5.92 Å². The minimum Gasteiger partial charge on any atom is -0.314 e. The zero-order valence-electron chi connectivity index (χ0n) is 19.6. The lowest BCUT2D eigenvalue weighted by Gasteiger charge is -2.34. The molecule has 0 radical (unpaired) electrons. The molecule has 3 saturated heterocycles. The van der Waals surface area contributed by atoms with Crippen LogP contribution < -0.4 is 10.6 Å². The van der Waals surface area contributed by atoms with Crippen LogP contribution in [0.3, 0.4) is 0 Å². The molecule has 0 aliphatic carbocycles. The Labute approximate surface area is 199 Å². The number of carbonyl (C=O) groups excluding carboxylic acids is 4. The Morgan fingerprint density at radius 1 is 0.853 bits per heavy atom. The highest BCUT2D eigenvalue weighted by Gasteiger charge is 2.44. The van der Waals surface area contributed by atoms with E-state index in [0.717, 1.165) is 62.2 Å². The Bertz CT molecular complexity index is 982. The molecule has 4 amide bonds. The molecule has 1 atom stereocenters. The second-order valence-electron chi connectivity index (χ2n) is 9.93. The molecule has 9 nitrogen and oxygen atoms in total. The summed E-state index contributed by atoms with van der Waals surface area (Å²) in [5.41, 5.74) is 1.70. The molecule has 1 aromatic rings. The van der Waals surface area contributed by atoms with E-state index in [2.05, 4.69) is 20.4 Å². The smallest absolute Gasteiger partial charge is 0.262 e. The number of hydrogen-bond acceptors (Lipinski definition) is 7. The van der Waals surface area contributed by atoms with E-state index in [4.69, 9.17) is 0 Å². The van der Waals surface area contributed by atoms with Crippen molar-refractivity contribution in [3.63, 3.8) is 0 Å². The molecule has 34 heavy (non-hydrogen) atoms. The van der Waals surface area contributed by atoms with Gasteiger partial charge < -0.3 is 10.2 Å². The van der Waals surface area contributed by atoms with Crippen LogP contribution in [0.15, 0.2) is 18.2 Å². The number of hydrogen-bond donors (Lipinski definition) is 2. The number of fused-ring (bicyclic) bond motifs is 1. The van der Waals surface area contributed by atoms with Crippen molar-refractivity contribution in [1.82, 2.24) is 25.3 Å². The third-order valence-electron chi connectivity index (χ3n) is 7.68. The highest BCUT2D eigenvalue weighted by Crippen LogP contribution is 2.29. The molecule has 4 aliphatic rings. The molecule has 1 aromatic carbocycles. The average Bonchev–Trinajstić information content (AvgIpc) is 3.09. The van der Waals surface area contributed by atoms with Gasteiger partial charge in [0.15, 0.2) is 0 Å². The number of nitrogens with one attached hydrogen (secondary N) is 2. The van der Waals surface area contributed by atoms with E-state index in [9.17, 15) is 19.2 Å². The number of likely N-dealkylation sites (tertiary alicyclic amines) is 1. The van der Waals surface area contributed by atoms with Crippen molar-refractivity contribution in [2.45, 2.75) is 44.7 Å². The molecule has 9 heteroatoms. The first-order valence-electron chi connectivity index (χ1n) is 12.5. The molecule has 0 aromatic heterocycles. The van der Waals surface area contributed by atoms with Gasteiger partial charge in [0.2, 0.25) is 11.8 Å². The third-order valence-corrected chi connectivity index (χ3v) is 7.68. The van der Waals surface area contributed by atoms with Crippen molar-refractivity contribution < 1.29 is 19.2 Å². The third kappa shape index (κ3) is 4.78. The van der Waals surface area contributed by atoms with Gasteiger partial charge in [-0.2, -0.15) is 0 Å². The van der Waals surface area contributed by atoms with E-state index in [1.165, 1.54) is 25.8 Å². The van der Waals surface area contributed by atoms with E-state index < -0.39 is 23.8 Å². The van der Waals surface area contributed by atoms with Gasteiger partial charge in [-0.05, 0) is 68.9 Å². The quantitative estimate of drug-likeness (QED) is 0.591. The number of carbonyl (C=O) groups is 4. The monoisotopic (exact) mass is 467 g/mol. The highest BCUT2D eigenvalue weighted by atomic mass is 16.2. The molecule has 4 aliphatic heterocycles. The first-order chi connectivity index (χ1) is 16.5. The van der Waals surface area contributed by atoms with Crippen LogP contribution in [-0.2, 0) is 16.1 Å². The molecule has 0 saturated carbocycles. The van der Waals surface area contributed by atoms with E-state index in [1.54, 1.807) is 12.1 Å². The molecule has 5 rings (SSSR count). The Morgan fingerprint density at radius 3 is 2.32 bits per heavy atom. The number of rotatable bonds is 6. The van der Waals surface area contributed by atoms with Gasteiger partial charge in [-0.25, -0.2) is 0 Å². The number of piperidine rings is 2. The van der Waals surface area contributed by atoms with Gasteiger partial charge in [0, 0.05) is 39.1 Å². The predicted octanol–water partition coefficient (Wildman–Crippen LogP) is 0.595.